The van der Waals surface area contributed by atoms with E-state index in [1.807, 2.05) is 6.92 Å². The van der Waals surface area contributed by atoms with Gasteiger partial charge in [-0.1, -0.05) is 6.92 Å². The number of amides is 2. The minimum atomic E-state index is -0.767. The van der Waals surface area contributed by atoms with E-state index in [9.17, 15) is 19.8 Å². The summed E-state index contributed by atoms with van der Waals surface area (Å²) in [5.41, 5.74) is -0.696. The van der Waals surface area contributed by atoms with E-state index in [1.165, 1.54) is 0 Å². The van der Waals surface area contributed by atoms with E-state index in [-0.39, 0.29) is 18.7 Å². The van der Waals surface area contributed by atoms with Gasteiger partial charge in [-0.15, -0.1) is 0 Å². The van der Waals surface area contributed by atoms with Crippen LogP contribution in [0.4, 0.5) is 4.79 Å². The lowest BCUT2D eigenvalue weighted by molar-refractivity contribution is -0.152. The van der Waals surface area contributed by atoms with Crippen LogP contribution in [0.25, 0.3) is 0 Å². The number of aliphatic carboxylic acids is 1. The Morgan fingerprint density at radius 2 is 1.95 bits per heavy atom. The number of morpholine rings is 1. The van der Waals surface area contributed by atoms with Crippen LogP contribution in [0, 0.1) is 5.41 Å². The number of ether oxygens (including phenoxy) is 1. The van der Waals surface area contributed by atoms with Gasteiger partial charge in [-0.2, -0.15) is 0 Å². The molecule has 1 atom stereocenters. The molecule has 7 heteroatoms. The normalized spacial score (nSPS) is 25.7. The second kappa shape index (κ2) is 6.62. The lowest BCUT2D eigenvalue weighted by Crippen LogP contribution is -2.57. The van der Waals surface area contributed by atoms with Crippen molar-refractivity contribution >= 4 is 12.0 Å². The molecule has 0 spiro atoms. The van der Waals surface area contributed by atoms with Crippen molar-refractivity contribution in [2.24, 2.45) is 5.41 Å². The van der Waals surface area contributed by atoms with Crippen LogP contribution >= 0.6 is 0 Å². The van der Waals surface area contributed by atoms with E-state index in [1.54, 1.807) is 9.80 Å². The van der Waals surface area contributed by atoms with Crippen molar-refractivity contribution in [3.05, 3.63) is 0 Å². The Bertz CT molecular complexity index is 393. The second-order valence-corrected chi connectivity index (χ2v) is 5.81. The fourth-order valence-electron chi connectivity index (χ4n) is 3.08. The highest BCUT2D eigenvalue weighted by molar-refractivity contribution is 5.77. The van der Waals surface area contributed by atoms with Crippen LogP contribution in [0.2, 0.25) is 0 Å². The number of hydrogen-bond donors (Lipinski definition) is 2. The maximum atomic E-state index is 12.5. The van der Waals surface area contributed by atoms with Gasteiger partial charge in [-0.3, -0.25) is 4.79 Å². The molecule has 0 aromatic heterocycles. The minimum Gasteiger partial charge on any atom is -0.481 e. The van der Waals surface area contributed by atoms with Crippen molar-refractivity contribution in [2.45, 2.75) is 32.2 Å². The highest BCUT2D eigenvalue weighted by Gasteiger charge is 2.42. The number of hydrogen-bond acceptors (Lipinski definition) is 4. The van der Waals surface area contributed by atoms with E-state index in [0.29, 0.717) is 52.1 Å². The van der Waals surface area contributed by atoms with Gasteiger partial charge in [0.15, 0.2) is 0 Å². The number of rotatable bonds is 3. The van der Waals surface area contributed by atoms with E-state index >= 15 is 0 Å². The standard InChI is InChI=1S/C14H24N2O5/c1-2-14(12(18)19)3-5-15(6-4-14)13(20)16-7-8-21-10-11(16)9-17/h11,17H,2-10H2,1H3,(H,18,19). The van der Waals surface area contributed by atoms with Crippen LogP contribution in [0.3, 0.4) is 0 Å². The summed E-state index contributed by atoms with van der Waals surface area (Å²) in [5, 5.41) is 18.7. The highest BCUT2D eigenvalue weighted by atomic mass is 16.5. The first kappa shape index (κ1) is 16.0. The lowest BCUT2D eigenvalue weighted by atomic mass is 9.76. The van der Waals surface area contributed by atoms with Crippen LogP contribution in [0.15, 0.2) is 0 Å². The Balaban J connectivity index is 1.98. The molecular formula is C14H24N2O5. The zero-order chi connectivity index (χ0) is 15.5. The third-order valence-corrected chi connectivity index (χ3v) is 4.81. The Labute approximate surface area is 124 Å². The van der Waals surface area contributed by atoms with Crippen LogP contribution < -0.4 is 0 Å². The Morgan fingerprint density at radius 3 is 2.48 bits per heavy atom. The predicted molar refractivity (Wildman–Crippen MR) is 75.0 cm³/mol. The van der Waals surface area contributed by atoms with Gasteiger partial charge in [0.2, 0.25) is 0 Å². The number of carboxylic acid groups (broad SMARTS) is 1. The zero-order valence-electron chi connectivity index (χ0n) is 12.5. The average Bonchev–Trinajstić information content (AvgIpc) is 2.54. The number of carbonyl (C=O) groups is 2. The first-order chi connectivity index (χ1) is 10.0. The smallest absolute Gasteiger partial charge is 0.320 e. The maximum Gasteiger partial charge on any atom is 0.320 e. The summed E-state index contributed by atoms with van der Waals surface area (Å²) in [4.78, 5) is 27.3. The Hall–Kier alpha value is -1.34. The fraction of sp³-hybridized carbons (Fsp3) is 0.857. The molecule has 7 nitrogen and oxygen atoms in total. The molecule has 2 aliphatic heterocycles. The molecule has 0 bridgehead atoms. The molecule has 1 unspecified atom stereocenters. The third kappa shape index (κ3) is 3.13. The minimum absolute atomic E-state index is 0.117. The summed E-state index contributed by atoms with van der Waals surface area (Å²) < 4.78 is 5.27. The monoisotopic (exact) mass is 300 g/mol. The first-order valence-corrected chi connectivity index (χ1v) is 7.51. The predicted octanol–water partition coefficient (Wildman–Crippen LogP) is 0.376. The summed E-state index contributed by atoms with van der Waals surface area (Å²) >= 11 is 0. The molecule has 2 fully saturated rings. The number of nitrogens with zero attached hydrogens (tertiary/aromatic N) is 2. The SMILES string of the molecule is CCC1(C(=O)O)CCN(C(=O)N2CCOCC2CO)CC1. The molecule has 2 heterocycles. The van der Waals surface area contributed by atoms with Gasteiger partial charge in [0.05, 0.1) is 31.3 Å². The van der Waals surface area contributed by atoms with E-state index in [0.717, 1.165) is 0 Å². The number of aliphatic hydroxyl groups is 1. The van der Waals surface area contributed by atoms with Crippen LogP contribution in [-0.2, 0) is 9.53 Å². The molecule has 0 aliphatic carbocycles. The number of carbonyl (C=O) groups excluding carboxylic acids is 1. The average molecular weight is 300 g/mol. The summed E-state index contributed by atoms with van der Waals surface area (Å²) in [6, 6.07) is -0.420. The van der Waals surface area contributed by atoms with Crippen molar-refractivity contribution in [2.75, 3.05) is 39.5 Å². The van der Waals surface area contributed by atoms with Gasteiger partial charge in [0, 0.05) is 19.6 Å². The molecule has 2 N–H and O–H groups in total. The Kier molecular flexibility index (Phi) is 5.05. The summed E-state index contributed by atoms with van der Waals surface area (Å²) in [7, 11) is 0. The van der Waals surface area contributed by atoms with Crippen molar-refractivity contribution in [3.8, 4) is 0 Å². The molecule has 0 saturated carbocycles. The molecule has 2 aliphatic rings. The van der Waals surface area contributed by atoms with Crippen LogP contribution in [-0.4, -0.2) is 77.5 Å². The summed E-state index contributed by atoms with van der Waals surface area (Å²) in [6.45, 7) is 3.97. The first-order valence-electron chi connectivity index (χ1n) is 7.51. The molecule has 21 heavy (non-hydrogen) atoms. The van der Waals surface area contributed by atoms with E-state index in [2.05, 4.69) is 0 Å². The number of carboxylic acids is 1. The van der Waals surface area contributed by atoms with Gasteiger partial charge < -0.3 is 24.7 Å². The van der Waals surface area contributed by atoms with Gasteiger partial charge in [-0.05, 0) is 19.3 Å². The third-order valence-electron chi connectivity index (χ3n) is 4.81. The lowest BCUT2D eigenvalue weighted by Gasteiger charge is -2.42. The zero-order valence-corrected chi connectivity index (χ0v) is 12.5. The number of piperidine rings is 1. The number of aliphatic hydroxyl groups excluding tert-OH is 1. The van der Waals surface area contributed by atoms with Crippen molar-refractivity contribution < 1.29 is 24.5 Å². The van der Waals surface area contributed by atoms with Crippen LogP contribution in [0.1, 0.15) is 26.2 Å². The number of likely N-dealkylation sites (tertiary alicyclic amines) is 1. The quantitative estimate of drug-likeness (QED) is 0.786. The summed E-state index contributed by atoms with van der Waals surface area (Å²) in [6.07, 6.45) is 1.55. The molecule has 0 aromatic carbocycles. The molecule has 0 radical (unpaired) electrons. The highest BCUT2D eigenvalue weighted by Crippen LogP contribution is 2.35. The topological polar surface area (TPSA) is 90.3 Å². The van der Waals surface area contributed by atoms with Crippen molar-refractivity contribution in [1.82, 2.24) is 9.80 Å². The van der Waals surface area contributed by atoms with Gasteiger partial charge in [-0.25, -0.2) is 4.79 Å². The summed E-state index contributed by atoms with van der Waals surface area (Å²) in [5.74, 6) is -0.767. The van der Waals surface area contributed by atoms with Gasteiger partial charge in [0.1, 0.15) is 0 Å². The van der Waals surface area contributed by atoms with Crippen molar-refractivity contribution in [3.63, 3.8) is 0 Å². The van der Waals surface area contributed by atoms with Gasteiger partial charge >= 0.3 is 12.0 Å². The maximum absolute atomic E-state index is 12.5. The molecule has 2 amide bonds. The van der Waals surface area contributed by atoms with E-state index < -0.39 is 11.4 Å². The molecule has 2 rings (SSSR count). The molecule has 120 valence electrons. The van der Waals surface area contributed by atoms with Crippen molar-refractivity contribution in [1.29, 1.82) is 0 Å². The molecular weight excluding hydrogens is 276 g/mol. The van der Waals surface area contributed by atoms with E-state index in [4.69, 9.17) is 4.74 Å². The molecule has 2 saturated heterocycles. The number of urea groups is 1. The molecule has 0 aromatic rings. The van der Waals surface area contributed by atoms with Crippen LogP contribution in [0.5, 0.6) is 0 Å². The Morgan fingerprint density at radius 1 is 1.29 bits per heavy atom. The fourth-order valence-corrected chi connectivity index (χ4v) is 3.08. The second-order valence-electron chi connectivity index (χ2n) is 5.81. The van der Waals surface area contributed by atoms with Gasteiger partial charge in [0.25, 0.3) is 0 Å². The largest absolute Gasteiger partial charge is 0.481 e.